The second-order valence-corrected chi connectivity index (χ2v) is 1.67. The molecule has 0 aromatic rings. The van der Waals surface area contributed by atoms with Crippen molar-refractivity contribution in [1.29, 1.82) is 0 Å². The zero-order chi connectivity index (χ0) is 8.15. The van der Waals surface area contributed by atoms with Gasteiger partial charge in [-0.1, -0.05) is 0 Å². The number of hydrogen-bond donors (Lipinski definition) is 1. The second kappa shape index (κ2) is 6.33. The number of carboxylic acids is 1. The molecule has 0 unspecified atom stereocenters. The van der Waals surface area contributed by atoms with E-state index in [1.54, 1.807) is 0 Å². The summed E-state index contributed by atoms with van der Waals surface area (Å²) in [4.78, 5) is 30.5. The average Bonchev–Trinajstić information content (AvgIpc) is 1.90. The van der Waals surface area contributed by atoms with E-state index in [1.165, 1.54) is 6.92 Å². The first-order chi connectivity index (χ1) is 4.63. The number of carbonyl (C=O) groups is 3. The quantitative estimate of drug-likeness (QED) is 0.407. The Hall–Kier alpha value is -0.390. The summed E-state index contributed by atoms with van der Waals surface area (Å²) < 4.78 is 0. The Morgan fingerprint density at radius 3 is 1.91 bits per heavy atom. The molecule has 0 aromatic heterocycles. The van der Waals surface area contributed by atoms with Gasteiger partial charge in [0.15, 0.2) is 0 Å². The maximum absolute atomic E-state index is 10.1. The third kappa shape index (κ3) is 4.13. The molecule has 0 aliphatic rings. The van der Waals surface area contributed by atoms with Crippen molar-refractivity contribution < 1.29 is 19.5 Å². The van der Waals surface area contributed by atoms with E-state index in [1.807, 2.05) is 0 Å². The first kappa shape index (κ1) is 13.2. The minimum absolute atomic E-state index is 0. The first-order valence-electron chi connectivity index (χ1n) is 2.54. The molecule has 0 aliphatic carbocycles. The van der Waals surface area contributed by atoms with Crippen molar-refractivity contribution in [3.63, 3.8) is 0 Å². The molecule has 1 atom stereocenters. The van der Waals surface area contributed by atoms with Crippen molar-refractivity contribution in [1.82, 2.24) is 4.90 Å². The Balaban J connectivity index is 0. The van der Waals surface area contributed by atoms with Crippen LogP contribution in [-0.2, 0) is 14.4 Å². The molecule has 58 valence electrons. The molecule has 0 bridgehead atoms. The third-order valence-electron chi connectivity index (χ3n) is 1.05. The number of hydrogen-bond acceptors (Lipinski definition) is 3. The number of rotatable bonds is 4. The van der Waals surface area contributed by atoms with Gasteiger partial charge in [0.25, 0.3) is 0 Å². The van der Waals surface area contributed by atoms with Crippen LogP contribution in [-0.4, -0.2) is 64.4 Å². The zero-order valence-electron chi connectivity index (χ0n) is 5.35. The van der Waals surface area contributed by atoms with Crippen LogP contribution in [0, 0.1) is 0 Å². The Morgan fingerprint density at radius 1 is 1.45 bits per heavy atom. The molecule has 0 aromatic carbocycles. The Morgan fingerprint density at radius 2 is 1.82 bits per heavy atom. The van der Waals surface area contributed by atoms with Crippen molar-refractivity contribution in [3.8, 4) is 0 Å². The van der Waals surface area contributed by atoms with Crippen LogP contribution < -0.4 is 0 Å². The number of carboxylic acid groups (broad SMARTS) is 1. The van der Waals surface area contributed by atoms with E-state index >= 15 is 0 Å². The van der Waals surface area contributed by atoms with E-state index in [0.717, 1.165) is 0 Å². The van der Waals surface area contributed by atoms with Gasteiger partial charge in [-0.25, -0.2) is 4.79 Å². The number of carbonyl (C=O) groups excluding carboxylic acids is 2. The number of nitrogens with zero attached hydrogens (tertiary/aromatic N) is 1. The van der Waals surface area contributed by atoms with Gasteiger partial charge < -0.3 is 5.11 Å². The van der Waals surface area contributed by atoms with E-state index < -0.39 is 12.0 Å². The van der Waals surface area contributed by atoms with Crippen molar-refractivity contribution in [2.75, 3.05) is 0 Å². The monoisotopic (exact) mass is 169 g/mol. The zero-order valence-corrected chi connectivity index (χ0v) is 5.35. The van der Waals surface area contributed by atoms with Gasteiger partial charge in [-0.05, 0) is 6.92 Å². The van der Waals surface area contributed by atoms with Gasteiger partial charge in [0.2, 0.25) is 12.8 Å². The van der Waals surface area contributed by atoms with Gasteiger partial charge in [-0.15, -0.1) is 0 Å². The minimum atomic E-state index is -1.21. The van der Waals surface area contributed by atoms with Gasteiger partial charge >= 0.3 is 35.5 Å². The van der Waals surface area contributed by atoms with Crippen molar-refractivity contribution >= 4 is 48.3 Å². The van der Waals surface area contributed by atoms with Gasteiger partial charge in [0.1, 0.15) is 6.04 Å². The summed E-state index contributed by atoms with van der Waals surface area (Å²) in [5, 5.41) is 8.26. The normalized spacial score (nSPS) is 10.6. The fraction of sp³-hybridized carbons (Fsp3) is 0.400. The SMILES string of the molecule is C[C@@H](C(=O)O)N(C=O)C=O.[NaH]. The average molecular weight is 169 g/mol. The van der Waals surface area contributed by atoms with Crippen LogP contribution in [0.25, 0.3) is 0 Å². The molecular weight excluding hydrogens is 161 g/mol. The first-order valence-corrected chi connectivity index (χ1v) is 2.54. The van der Waals surface area contributed by atoms with Crippen LogP contribution in [0.1, 0.15) is 6.92 Å². The fourth-order valence-corrected chi connectivity index (χ4v) is 0.335. The Labute approximate surface area is 85.7 Å². The molecule has 0 rings (SSSR count). The summed E-state index contributed by atoms with van der Waals surface area (Å²) in [5.41, 5.74) is 0. The summed E-state index contributed by atoms with van der Waals surface area (Å²) in [7, 11) is 0. The summed E-state index contributed by atoms with van der Waals surface area (Å²) in [6, 6.07) is -1.09. The second-order valence-electron chi connectivity index (χ2n) is 1.67. The summed E-state index contributed by atoms with van der Waals surface area (Å²) in [5.74, 6) is -1.21. The van der Waals surface area contributed by atoms with E-state index in [0.29, 0.717) is 4.90 Å². The molecule has 1 N–H and O–H groups in total. The van der Waals surface area contributed by atoms with E-state index in [2.05, 4.69) is 0 Å². The predicted molar refractivity (Wildman–Crippen MR) is 38.2 cm³/mol. The molecule has 0 heterocycles. The van der Waals surface area contributed by atoms with E-state index in [-0.39, 0.29) is 42.4 Å². The van der Waals surface area contributed by atoms with Crippen molar-refractivity contribution in [2.24, 2.45) is 0 Å². The van der Waals surface area contributed by atoms with Crippen LogP contribution in [0.3, 0.4) is 0 Å². The van der Waals surface area contributed by atoms with Gasteiger partial charge in [0.05, 0.1) is 0 Å². The molecule has 0 aliphatic heterocycles. The van der Waals surface area contributed by atoms with Gasteiger partial charge in [0, 0.05) is 0 Å². The van der Waals surface area contributed by atoms with Gasteiger partial charge in [-0.3, -0.25) is 14.5 Å². The molecule has 0 saturated carbocycles. The molecule has 0 spiro atoms. The molecule has 0 radical (unpaired) electrons. The number of aliphatic carboxylic acids is 1. The van der Waals surface area contributed by atoms with Crippen LogP contribution in [0.2, 0.25) is 0 Å². The molecule has 0 saturated heterocycles. The summed E-state index contributed by atoms with van der Waals surface area (Å²) in [6.07, 6.45) is 0.345. The topological polar surface area (TPSA) is 74.7 Å². The Bertz CT molecular complexity index is 153. The number of amides is 2. The summed E-state index contributed by atoms with van der Waals surface area (Å²) >= 11 is 0. The maximum atomic E-state index is 10.1. The van der Waals surface area contributed by atoms with E-state index in [9.17, 15) is 14.4 Å². The predicted octanol–water partition coefficient (Wildman–Crippen LogP) is -1.57. The fourth-order valence-electron chi connectivity index (χ4n) is 0.335. The van der Waals surface area contributed by atoms with E-state index in [4.69, 9.17) is 5.11 Å². The Kier molecular flexibility index (Phi) is 7.60. The standard InChI is InChI=1S/C5H7NO4.Na.H/c1-4(5(9)10)6(2-7)3-8;;/h2-4H,1H3,(H,9,10);;/t4-;;/m0../s1. The number of imide groups is 1. The molecule has 6 heteroatoms. The van der Waals surface area contributed by atoms with Crippen molar-refractivity contribution in [3.05, 3.63) is 0 Å². The molecule has 0 fully saturated rings. The van der Waals surface area contributed by atoms with Gasteiger partial charge in [-0.2, -0.15) is 0 Å². The molecular formula is C5H8NNaO4. The van der Waals surface area contributed by atoms with Crippen molar-refractivity contribution in [2.45, 2.75) is 13.0 Å². The van der Waals surface area contributed by atoms with Crippen LogP contribution in [0.5, 0.6) is 0 Å². The van der Waals surface area contributed by atoms with Crippen LogP contribution in [0.15, 0.2) is 0 Å². The van der Waals surface area contributed by atoms with Crippen LogP contribution in [0.4, 0.5) is 0 Å². The summed E-state index contributed by atoms with van der Waals surface area (Å²) in [6.45, 7) is 1.24. The molecule has 5 nitrogen and oxygen atoms in total. The van der Waals surface area contributed by atoms with Crippen LogP contribution >= 0.6 is 0 Å². The molecule has 2 amide bonds. The third-order valence-corrected chi connectivity index (χ3v) is 1.05. The molecule has 11 heavy (non-hydrogen) atoms.